The van der Waals surface area contributed by atoms with Gasteiger partial charge in [0.05, 0.1) is 0 Å². The molecule has 3 N–H and O–H groups in total. The normalized spacial score (nSPS) is 11.3. The molecule has 0 unspecified atom stereocenters. The van der Waals surface area contributed by atoms with Crippen LogP contribution in [0.25, 0.3) is 0 Å². The molecule has 5 heteroatoms. The van der Waals surface area contributed by atoms with Crippen LogP contribution in [0.4, 0.5) is 0 Å². The van der Waals surface area contributed by atoms with Gasteiger partial charge in [0.2, 0.25) is 6.41 Å². The van der Waals surface area contributed by atoms with Gasteiger partial charge in [-0.15, -0.1) is 0 Å². The topological polar surface area (TPSA) is 81.0 Å². The summed E-state index contributed by atoms with van der Waals surface area (Å²) < 4.78 is 0. The van der Waals surface area contributed by atoms with Crippen LogP contribution in [0.1, 0.15) is 19.3 Å². The van der Waals surface area contributed by atoms with Gasteiger partial charge >= 0.3 is 0 Å². The summed E-state index contributed by atoms with van der Waals surface area (Å²) in [5.74, 6) is -2.02. The number of carbonyl (C=O) groups excluding carboxylic acids is 1. The van der Waals surface area contributed by atoms with E-state index in [1.165, 1.54) is 0 Å². The smallest absolute Gasteiger partial charge is 0.233 e. The Balaban J connectivity index is 3.77. The van der Waals surface area contributed by atoms with E-state index in [1.807, 2.05) is 0 Å². The lowest BCUT2D eigenvalue weighted by atomic mass is 10.1. The molecule has 0 saturated heterocycles. The number of hydrogen-bond donors (Lipinski definition) is 3. The molecular formula is C7H14NO4. The third kappa shape index (κ3) is 5.06. The first kappa shape index (κ1) is 11.4. The fourth-order valence-corrected chi connectivity index (χ4v) is 0.784. The summed E-state index contributed by atoms with van der Waals surface area (Å²) in [7, 11) is 0. The third-order valence-corrected chi connectivity index (χ3v) is 1.36. The Morgan fingerprint density at radius 3 is 2.50 bits per heavy atom. The number of rotatable bonds is 6. The highest BCUT2D eigenvalue weighted by atomic mass is 16.5. The van der Waals surface area contributed by atoms with E-state index < -0.39 is 12.3 Å². The second kappa shape index (κ2) is 5.08. The summed E-state index contributed by atoms with van der Waals surface area (Å²) in [4.78, 5) is 9.90. The number of aliphatic hydroxyl groups is 2. The number of amides is 1. The SMILES string of the molecule is [CH2]CCCC(O)(O)CN(O)C=O. The lowest BCUT2D eigenvalue weighted by Crippen LogP contribution is -2.41. The Labute approximate surface area is 71.2 Å². The van der Waals surface area contributed by atoms with Crippen molar-refractivity contribution in [1.29, 1.82) is 0 Å². The van der Waals surface area contributed by atoms with E-state index in [0.29, 0.717) is 12.8 Å². The summed E-state index contributed by atoms with van der Waals surface area (Å²) in [6.07, 6.45) is 1.31. The molecule has 0 bridgehead atoms. The fourth-order valence-electron chi connectivity index (χ4n) is 0.784. The molecule has 0 atom stereocenters. The van der Waals surface area contributed by atoms with Crippen molar-refractivity contribution in [2.24, 2.45) is 0 Å². The quantitative estimate of drug-likeness (QED) is 0.221. The molecule has 71 valence electrons. The summed E-state index contributed by atoms with van der Waals surface area (Å²) in [6.45, 7) is 3.02. The van der Waals surface area contributed by atoms with Gasteiger partial charge in [-0.05, 0) is 6.42 Å². The largest absolute Gasteiger partial charge is 0.364 e. The molecule has 0 aliphatic rings. The number of carbonyl (C=O) groups is 1. The highest BCUT2D eigenvalue weighted by Gasteiger charge is 2.24. The van der Waals surface area contributed by atoms with Crippen LogP contribution in [0.15, 0.2) is 0 Å². The molecular weight excluding hydrogens is 162 g/mol. The van der Waals surface area contributed by atoms with Crippen molar-refractivity contribution in [3.05, 3.63) is 6.92 Å². The van der Waals surface area contributed by atoms with E-state index in [1.54, 1.807) is 0 Å². The second-order valence-corrected chi connectivity index (χ2v) is 2.64. The van der Waals surface area contributed by atoms with E-state index in [2.05, 4.69) is 6.92 Å². The van der Waals surface area contributed by atoms with Crippen LogP contribution >= 0.6 is 0 Å². The zero-order valence-electron chi connectivity index (χ0n) is 6.81. The van der Waals surface area contributed by atoms with Crippen molar-refractivity contribution < 1.29 is 20.2 Å². The van der Waals surface area contributed by atoms with Crippen LogP contribution in [0.2, 0.25) is 0 Å². The molecule has 5 nitrogen and oxygen atoms in total. The van der Waals surface area contributed by atoms with E-state index in [-0.39, 0.29) is 17.9 Å². The Kier molecular flexibility index (Phi) is 4.80. The van der Waals surface area contributed by atoms with E-state index in [4.69, 9.17) is 15.4 Å². The summed E-state index contributed by atoms with van der Waals surface area (Å²) in [5.41, 5.74) is 0. The predicted molar refractivity (Wildman–Crippen MR) is 40.9 cm³/mol. The molecule has 0 aromatic carbocycles. The van der Waals surface area contributed by atoms with Crippen molar-refractivity contribution in [2.75, 3.05) is 6.54 Å². The van der Waals surface area contributed by atoms with Crippen molar-refractivity contribution in [3.63, 3.8) is 0 Å². The molecule has 0 aromatic rings. The minimum absolute atomic E-state index is 0.0847. The molecule has 0 spiro atoms. The van der Waals surface area contributed by atoms with Gasteiger partial charge in [0, 0.05) is 6.42 Å². The van der Waals surface area contributed by atoms with Gasteiger partial charge < -0.3 is 10.2 Å². The van der Waals surface area contributed by atoms with Crippen LogP contribution in [0.5, 0.6) is 0 Å². The molecule has 0 rings (SSSR count). The minimum Gasteiger partial charge on any atom is -0.364 e. The van der Waals surface area contributed by atoms with Crippen LogP contribution in [0.3, 0.4) is 0 Å². The molecule has 1 amide bonds. The Hall–Kier alpha value is -0.650. The van der Waals surface area contributed by atoms with Gasteiger partial charge in [-0.3, -0.25) is 10.0 Å². The summed E-state index contributed by atoms with van der Waals surface area (Å²) in [6, 6.07) is 0. The van der Waals surface area contributed by atoms with Crippen molar-refractivity contribution in [1.82, 2.24) is 5.06 Å². The molecule has 12 heavy (non-hydrogen) atoms. The number of unbranched alkanes of at least 4 members (excludes halogenated alkanes) is 1. The lowest BCUT2D eigenvalue weighted by molar-refractivity contribution is -0.220. The first-order chi connectivity index (χ1) is 5.52. The van der Waals surface area contributed by atoms with Crippen molar-refractivity contribution >= 4 is 6.41 Å². The number of hydroxylamine groups is 2. The predicted octanol–water partition coefficient (Wildman–Crippen LogP) is -0.481. The summed E-state index contributed by atoms with van der Waals surface area (Å²) in [5, 5.41) is 27.0. The van der Waals surface area contributed by atoms with Crippen molar-refractivity contribution in [3.8, 4) is 0 Å². The van der Waals surface area contributed by atoms with Crippen LogP contribution < -0.4 is 0 Å². The van der Waals surface area contributed by atoms with E-state index in [0.717, 1.165) is 0 Å². The summed E-state index contributed by atoms with van der Waals surface area (Å²) >= 11 is 0. The monoisotopic (exact) mass is 176 g/mol. The highest BCUT2D eigenvalue weighted by molar-refractivity contribution is 5.44. The number of nitrogens with zero attached hydrogens (tertiary/aromatic N) is 1. The van der Waals surface area contributed by atoms with E-state index >= 15 is 0 Å². The Morgan fingerprint density at radius 1 is 1.50 bits per heavy atom. The average molecular weight is 176 g/mol. The van der Waals surface area contributed by atoms with Crippen molar-refractivity contribution in [2.45, 2.75) is 25.0 Å². The second-order valence-electron chi connectivity index (χ2n) is 2.64. The minimum atomic E-state index is -2.02. The molecule has 0 heterocycles. The zero-order chi connectivity index (χ0) is 9.61. The maximum absolute atomic E-state index is 9.90. The Bertz CT molecular complexity index is 137. The van der Waals surface area contributed by atoms with Crippen LogP contribution in [-0.2, 0) is 4.79 Å². The Morgan fingerprint density at radius 2 is 2.08 bits per heavy atom. The lowest BCUT2D eigenvalue weighted by Gasteiger charge is -2.23. The van der Waals surface area contributed by atoms with Gasteiger partial charge in [-0.1, -0.05) is 13.3 Å². The van der Waals surface area contributed by atoms with Crippen LogP contribution in [0, 0.1) is 6.92 Å². The molecule has 0 aromatic heterocycles. The van der Waals surface area contributed by atoms with Gasteiger partial charge in [-0.2, -0.15) is 0 Å². The standard InChI is InChI=1S/C7H14NO4/c1-2-3-4-7(10,11)5-8(12)6-9/h6,10-12H,1-5H2. The first-order valence-corrected chi connectivity index (χ1v) is 3.66. The molecule has 0 fully saturated rings. The van der Waals surface area contributed by atoms with Gasteiger partial charge in [0.15, 0.2) is 5.79 Å². The average Bonchev–Trinajstić information content (AvgIpc) is 2.00. The molecule has 0 aliphatic heterocycles. The van der Waals surface area contributed by atoms with E-state index in [9.17, 15) is 4.79 Å². The van der Waals surface area contributed by atoms with Crippen LogP contribution in [-0.4, -0.2) is 39.2 Å². The zero-order valence-corrected chi connectivity index (χ0v) is 6.81. The third-order valence-electron chi connectivity index (χ3n) is 1.36. The van der Waals surface area contributed by atoms with Gasteiger partial charge in [0.1, 0.15) is 6.54 Å². The maximum Gasteiger partial charge on any atom is 0.233 e. The molecule has 0 saturated carbocycles. The fraction of sp³-hybridized carbons (Fsp3) is 0.714. The highest BCUT2D eigenvalue weighted by Crippen LogP contribution is 2.10. The number of hydrogen-bond acceptors (Lipinski definition) is 4. The van der Waals surface area contributed by atoms with Gasteiger partial charge in [0.25, 0.3) is 0 Å². The first-order valence-electron chi connectivity index (χ1n) is 3.66. The maximum atomic E-state index is 9.90. The van der Waals surface area contributed by atoms with Gasteiger partial charge in [-0.25, -0.2) is 5.06 Å². The molecule has 1 radical (unpaired) electrons. The molecule has 0 aliphatic carbocycles.